The van der Waals surface area contributed by atoms with Gasteiger partial charge in [-0.2, -0.15) is 13.2 Å². The van der Waals surface area contributed by atoms with E-state index in [1.54, 1.807) is 6.07 Å². The van der Waals surface area contributed by atoms with Gasteiger partial charge in [0.25, 0.3) is 0 Å². The van der Waals surface area contributed by atoms with Crippen LogP contribution in [0, 0.1) is 0 Å². The third-order valence-corrected chi connectivity index (χ3v) is 7.13. The molecule has 180 valence electrons. The van der Waals surface area contributed by atoms with E-state index >= 15 is 0 Å². The Bertz CT molecular complexity index is 1110. The van der Waals surface area contributed by atoms with E-state index in [1.807, 2.05) is 34.9 Å². The van der Waals surface area contributed by atoms with Gasteiger partial charge in [0.15, 0.2) is 11.0 Å². The van der Waals surface area contributed by atoms with Gasteiger partial charge in [0, 0.05) is 11.7 Å². The van der Waals surface area contributed by atoms with Crippen LogP contribution in [0.2, 0.25) is 0 Å². The van der Waals surface area contributed by atoms with Gasteiger partial charge in [-0.25, -0.2) is 0 Å². The summed E-state index contributed by atoms with van der Waals surface area (Å²) in [6, 6.07) is 14.5. The van der Waals surface area contributed by atoms with Crippen molar-refractivity contribution in [1.82, 2.24) is 14.8 Å². The van der Waals surface area contributed by atoms with Gasteiger partial charge in [-0.15, -0.1) is 10.2 Å². The third kappa shape index (κ3) is 5.72. The first kappa shape index (κ1) is 24.1. The standard InChI is InChI=1S/C24H26F3N5OS/c25-24(26,27)17-10-7-11-18(14-17)29-15-20-30-31-23(32(20)19-12-5-2-6-13-19)34-21(22(28)33)16-8-3-1-4-9-16/h1,3-4,7-11,14,19,21,29H,2,5-6,12-13,15H2,(H2,28,33). The number of alkyl halides is 3. The number of aromatic nitrogens is 3. The molecule has 4 rings (SSSR count). The highest BCUT2D eigenvalue weighted by molar-refractivity contribution is 8.00. The predicted octanol–water partition coefficient (Wildman–Crippen LogP) is 5.73. The SMILES string of the molecule is NC(=O)C(Sc1nnc(CNc2cccc(C(F)(F)F)c2)n1C1CCCCC1)c1ccccc1. The summed E-state index contributed by atoms with van der Waals surface area (Å²) >= 11 is 1.26. The molecule has 1 fully saturated rings. The van der Waals surface area contributed by atoms with Crippen molar-refractivity contribution >= 4 is 23.4 Å². The summed E-state index contributed by atoms with van der Waals surface area (Å²) in [5.74, 6) is 0.140. The summed E-state index contributed by atoms with van der Waals surface area (Å²) in [6.07, 6.45) is 0.803. The summed E-state index contributed by atoms with van der Waals surface area (Å²) in [4.78, 5) is 12.3. The van der Waals surface area contributed by atoms with Gasteiger partial charge in [0.05, 0.1) is 12.1 Å². The fraction of sp³-hybridized carbons (Fsp3) is 0.375. The van der Waals surface area contributed by atoms with E-state index in [1.165, 1.54) is 17.8 Å². The van der Waals surface area contributed by atoms with Gasteiger partial charge >= 0.3 is 6.18 Å². The number of nitrogens with two attached hydrogens (primary N) is 1. The van der Waals surface area contributed by atoms with Crippen molar-refractivity contribution in [3.63, 3.8) is 0 Å². The summed E-state index contributed by atoms with van der Waals surface area (Å²) in [5, 5.41) is 11.7. The van der Waals surface area contributed by atoms with Gasteiger partial charge in [-0.1, -0.05) is 67.4 Å². The molecule has 1 amide bonds. The van der Waals surface area contributed by atoms with Crippen LogP contribution < -0.4 is 11.1 Å². The van der Waals surface area contributed by atoms with Crippen LogP contribution in [0.4, 0.5) is 18.9 Å². The first-order valence-electron chi connectivity index (χ1n) is 11.2. The molecule has 1 aliphatic carbocycles. The Morgan fingerprint density at radius 2 is 1.82 bits per heavy atom. The van der Waals surface area contributed by atoms with E-state index in [2.05, 4.69) is 15.5 Å². The number of benzene rings is 2. The van der Waals surface area contributed by atoms with Crippen LogP contribution in [0.3, 0.4) is 0 Å². The fourth-order valence-corrected chi connectivity index (χ4v) is 5.30. The fourth-order valence-electron chi connectivity index (χ4n) is 4.22. The summed E-state index contributed by atoms with van der Waals surface area (Å²) in [5.41, 5.74) is 6.13. The number of hydrogen-bond donors (Lipinski definition) is 2. The van der Waals surface area contributed by atoms with E-state index in [0.29, 0.717) is 16.7 Å². The molecule has 1 heterocycles. The van der Waals surface area contributed by atoms with Crippen molar-refractivity contribution in [2.45, 2.75) is 61.3 Å². The molecule has 1 aliphatic rings. The molecule has 10 heteroatoms. The zero-order valence-corrected chi connectivity index (χ0v) is 19.3. The maximum absolute atomic E-state index is 13.1. The molecule has 1 aromatic heterocycles. The number of halogens is 3. The van der Waals surface area contributed by atoms with Crippen LogP contribution in [0.15, 0.2) is 59.8 Å². The van der Waals surface area contributed by atoms with Crippen molar-refractivity contribution in [1.29, 1.82) is 0 Å². The first-order valence-corrected chi connectivity index (χ1v) is 12.1. The zero-order valence-electron chi connectivity index (χ0n) is 18.5. The van der Waals surface area contributed by atoms with Gasteiger partial charge in [0.1, 0.15) is 5.25 Å². The number of rotatable bonds is 8. The predicted molar refractivity (Wildman–Crippen MR) is 125 cm³/mol. The molecule has 3 N–H and O–H groups in total. The average molecular weight is 490 g/mol. The van der Waals surface area contributed by atoms with Gasteiger partial charge in [0.2, 0.25) is 5.91 Å². The minimum atomic E-state index is -4.41. The van der Waals surface area contributed by atoms with E-state index < -0.39 is 22.9 Å². The monoisotopic (exact) mass is 489 g/mol. The molecule has 0 aliphatic heterocycles. The van der Waals surface area contributed by atoms with Crippen LogP contribution in [0.25, 0.3) is 0 Å². The molecule has 1 atom stereocenters. The molecule has 34 heavy (non-hydrogen) atoms. The Labute approximate surface area is 200 Å². The molecule has 0 saturated heterocycles. The number of amides is 1. The molecule has 1 saturated carbocycles. The molecule has 0 spiro atoms. The average Bonchev–Trinajstić information content (AvgIpc) is 3.24. The maximum atomic E-state index is 13.1. The molecule has 3 aromatic rings. The minimum absolute atomic E-state index is 0.161. The Balaban J connectivity index is 1.60. The van der Waals surface area contributed by atoms with E-state index in [9.17, 15) is 18.0 Å². The Hall–Kier alpha value is -3.01. The zero-order chi connectivity index (χ0) is 24.1. The largest absolute Gasteiger partial charge is 0.416 e. The van der Waals surface area contributed by atoms with Crippen molar-refractivity contribution in [2.75, 3.05) is 5.32 Å². The summed E-state index contributed by atoms with van der Waals surface area (Å²) < 4.78 is 41.3. The summed E-state index contributed by atoms with van der Waals surface area (Å²) in [7, 11) is 0. The van der Waals surface area contributed by atoms with Crippen molar-refractivity contribution in [2.24, 2.45) is 5.73 Å². The summed E-state index contributed by atoms with van der Waals surface area (Å²) in [6.45, 7) is 0.206. The second-order valence-corrected chi connectivity index (χ2v) is 9.38. The normalized spacial score (nSPS) is 15.7. The van der Waals surface area contributed by atoms with Crippen molar-refractivity contribution in [3.05, 3.63) is 71.5 Å². The number of anilines is 1. The highest BCUT2D eigenvalue weighted by Crippen LogP contribution is 2.39. The number of primary amides is 1. The molecule has 6 nitrogen and oxygen atoms in total. The second kappa shape index (κ2) is 10.5. The van der Waals surface area contributed by atoms with Crippen LogP contribution in [0.5, 0.6) is 0 Å². The van der Waals surface area contributed by atoms with Crippen LogP contribution in [-0.2, 0) is 17.5 Å². The molecule has 0 radical (unpaired) electrons. The lowest BCUT2D eigenvalue weighted by Crippen LogP contribution is -2.21. The minimum Gasteiger partial charge on any atom is -0.378 e. The van der Waals surface area contributed by atoms with E-state index in [4.69, 9.17) is 5.73 Å². The van der Waals surface area contributed by atoms with Crippen molar-refractivity contribution < 1.29 is 18.0 Å². The highest BCUT2D eigenvalue weighted by atomic mass is 32.2. The maximum Gasteiger partial charge on any atom is 0.416 e. The Morgan fingerprint density at radius 3 is 2.50 bits per heavy atom. The molecule has 2 aromatic carbocycles. The Morgan fingerprint density at radius 1 is 1.09 bits per heavy atom. The van der Waals surface area contributed by atoms with E-state index in [-0.39, 0.29) is 12.6 Å². The molecule has 0 bridgehead atoms. The first-order chi connectivity index (χ1) is 16.3. The number of hydrogen-bond acceptors (Lipinski definition) is 5. The number of nitrogens with one attached hydrogen (secondary N) is 1. The third-order valence-electron chi connectivity index (χ3n) is 5.90. The quantitative estimate of drug-likeness (QED) is 0.395. The van der Waals surface area contributed by atoms with Gasteiger partial charge in [-0.3, -0.25) is 4.79 Å². The lowest BCUT2D eigenvalue weighted by atomic mass is 9.95. The smallest absolute Gasteiger partial charge is 0.378 e. The second-order valence-electron chi connectivity index (χ2n) is 8.30. The molecular weight excluding hydrogens is 463 g/mol. The van der Waals surface area contributed by atoms with Crippen molar-refractivity contribution in [3.8, 4) is 0 Å². The molecular formula is C24H26F3N5OS. The topological polar surface area (TPSA) is 85.8 Å². The van der Waals surface area contributed by atoms with Crippen LogP contribution >= 0.6 is 11.8 Å². The van der Waals surface area contributed by atoms with Crippen LogP contribution in [-0.4, -0.2) is 20.7 Å². The number of carbonyl (C=O) groups excluding carboxylic acids is 1. The number of carbonyl (C=O) groups is 1. The van der Waals surface area contributed by atoms with Crippen LogP contribution in [0.1, 0.15) is 60.3 Å². The highest BCUT2D eigenvalue weighted by Gasteiger charge is 2.31. The lowest BCUT2D eigenvalue weighted by molar-refractivity contribution is -0.137. The Kier molecular flexibility index (Phi) is 7.45. The van der Waals surface area contributed by atoms with E-state index in [0.717, 1.165) is 49.8 Å². The lowest BCUT2D eigenvalue weighted by Gasteiger charge is -2.26. The molecule has 1 unspecified atom stereocenters. The number of nitrogens with zero attached hydrogens (tertiary/aromatic N) is 3. The van der Waals surface area contributed by atoms with Gasteiger partial charge < -0.3 is 15.6 Å². The van der Waals surface area contributed by atoms with Gasteiger partial charge in [-0.05, 0) is 36.6 Å². The number of thioether (sulfide) groups is 1.